The van der Waals surface area contributed by atoms with Crippen LogP contribution in [0.5, 0.6) is 0 Å². The molecule has 0 bridgehead atoms. The third-order valence-electron chi connectivity index (χ3n) is 10.7. The van der Waals surface area contributed by atoms with E-state index in [1.807, 2.05) is 36.5 Å². The molecule has 3 nitrogen and oxygen atoms in total. The monoisotopic (exact) mass is 651 g/mol. The number of nitrogens with zero attached hydrogens (tertiary/aromatic N) is 3. The average molecular weight is 652 g/mol. The van der Waals surface area contributed by atoms with Crippen molar-refractivity contribution in [3.05, 3.63) is 175 Å². The van der Waals surface area contributed by atoms with Gasteiger partial charge in [0, 0.05) is 33.7 Å². The van der Waals surface area contributed by atoms with E-state index in [4.69, 9.17) is 9.97 Å². The van der Waals surface area contributed by atoms with Gasteiger partial charge in [0.2, 0.25) is 0 Å². The fraction of sp³-hybridized carbons (Fsp3) is 0.0625. The fourth-order valence-corrected chi connectivity index (χ4v) is 8.49. The second-order valence-electron chi connectivity index (χ2n) is 14.0. The maximum atomic E-state index is 5.24. The molecule has 0 atom stereocenters. The number of hydrogen-bond donors (Lipinski definition) is 0. The average Bonchev–Trinajstić information content (AvgIpc) is 3.44. The zero-order valence-corrected chi connectivity index (χ0v) is 28.4. The van der Waals surface area contributed by atoms with E-state index < -0.39 is 0 Å². The van der Waals surface area contributed by atoms with Crippen molar-refractivity contribution >= 4 is 32.4 Å². The SMILES string of the molecule is CC1(C)c2c(cccc2-c2ccc(-c3cc(-c4cccc5ncccc45)nc(-c4ccccc4)n3)c3ccccc23)-c2ccc3ccccc3c21. The molecule has 0 fully saturated rings. The summed E-state index contributed by atoms with van der Waals surface area (Å²) in [4.78, 5) is 15.0. The molecule has 1 aliphatic carbocycles. The first-order valence-corrected chi connectivity index (χ1v) is 17.5. The van der Waals surface area contributed by atoms with Gasteiger partial charge in [0.1, 0.15) is 0 Å². The zero-order chi connectivity index (χ0) is 34.1. The van der Waals surface area contributed by atoms with Gasteiger partial charge in [0.15, 0.2) is 5.82 Å². The lowest BCUT2D eigenvalue weighted by Crippen LogP contribution is -2.17. The molecule has 0 amide bonds. The Bertz CT molecular complexity index is 2830. The summed E-state index contributed by atoms with van der Waals surface area (Å²) in [7, 11) is 0. The summed E-state index contributed by atoms with van der Waals surface area (Å²) in [6.45, 7) is 4.78. The van der Waals surface area contributed by atoms with Crippen molar-refractivity contribution in [2.75, 3.05) is 0 Å². The molecule has 7 aromatic carbocycles. The Kier molecular flexibility index (Phi) is 6.53. The fourth-order valence-electron chi connectivity index (χ4n) is 8.49. The molecule has 1 aliphatic rings. The lowest BCUT2D eigenvalue weighted by molar-refractivity contribution is 0.668. The predicted molar refractivity (Wildman–Crippen MR) is 212 cm³/mol. The van der Waals surface area contributed by atoms with Crippen LogP contribution in [-0.4, -0.2) is 15.0 Å². The van der Waals surface area contributed by atoms with E-state index in [2.05, 4.69) is 146 Å². The molecule has 10 rings (SSSR count). The van der Waals surface area contributed by atoms with E-state index in [9.17, 15) is 0 Å². The minimum atomic E-state index is -0.179. The predicted octanol–water partition coefficient (Wildman–Crippen LogP) is 12.3. The van der Waals surface area contributed by atoms with Gasteiger partial charge in [0.05, 0.1) is 16.9 Å². The normalized spacial score (nSPS) is 13.1. The Labute approximate surface area is 297 Å². The largest absolute Gasteiger partial charge is 0.256 e. The molecule has 9 aromatic rings. The molecule has 0 spiro atoms. The summed E-state index contributed by atoms with van der Waals surface area (Å²) in [6.07, 6.45) is 1.84. The lowest BCUT2D eigenvalue weighted by atomic mass is 9.77. The van der Waals surface area contributed by atoms with Gasteiger partial charge in [-0.15, -0.1) is 0 Å². The van der Waals surface area contributed by atoms with Crippen LogP contribution >= 0.6 is 0 Å². The van der Waals surface area contributed by atoms with E-state index in [0.29, 0.717) is 5.82 Å². The summed E-state index contributed by atoms with van der Waals surface area (Å²) in [5, 5.41) is 6.05. The number of aromatic nitrogens is 3. The van der Waals surface area contributed by atoms with Crippen LogP contribution in [0.3, 0.4) is 0 Å². The minimum Gasteiger partial charge on any atom is -0.256 e. The molecule has 2 aromatic heterocycles. The van der Waals surface area contributed by atoms with Crippen LogP contribution in [-0.2, 0) is 5.41 Å². The van der Waals surface area contributed by atoms with Crippen LogP contribution in [0.15, 0.2) is 164 Å². The highest BCUT2D eigenvalue weighted by atomic mass is 14.9. The molecular weight excluding hydrogens is 619 g/mol. The smallest absolute Gasteiger partial charge is 0.160 e. The molecule has 0 aliphatic heterocycles. The first-order valence-electron chi connectivity index (χ1n) is 17.5. The Balaban J connectivity index is 1.19. The Hall–Kier alpha value is -6.45. The highest BCUT2D eigenvalue weighted by molar-refractivity contribution is 6.07. The van der Waals surface area contributed by atoms with E-state index in [1.54, 1.807) is 0 Å². The van der Waals surface area contributed by atoms with Crippen molar-refractivity contribution in [2.24, 2.45) is 0 Å². The molecule has 0 saturated carbocycles. The highest BCUT2D eigenvalue weighted by Crippen LogP contribution is 2.55. The first-order chi connectivity index (χ1) is 25.1. The van der Waals surface area contributed by atoms with Gasteiger partial charge in [0.25, 0.3) is 0 Å². The van der Waals surface area contributed by atoms with Crippen molar-refractivity contribution in [3.8, 4) is 56.2 Å². The molecule has 0 radical (unpaired) electrons. The highest BCUT2D eigenvalue weighted by Gasteiger charge is 2.39. The van der Waals surface area contributed by atoms with Crippen LogP contribution in [0, 0.1) is 0 Å². The van der Waals surface area contributed by atoms with Crippen LogP contribution in [0.2, 0.25) is 0 Å². The second-order valence-corrected chi connectivity index (χ2v) is 14.0. The Morgan fingerprint density at radius 1 is 0.412 bits per heavy atom. The second kappa shape index (κ2) is 11.3. The Morgan fingerprint density at radius 2 is 0.980 bits per heavy atom. The topological polar surface area (TPSA) is 38.7 Å². The van der Waals surface area contributed by atoms with Gasteiger partial charge in [-0.2, -0.15) is 0 Å². The van der Waals surface area contributed by atoms with E-state index in [1.165, 1.54) is 49.5 Å². The molecule has 240 valence electrons. The zero-order valence-electron chi connectivity index (χ0n) is 28.4. The number of pyridine rings is 1. The van der Waals surface area contributed by atoms with E-state index >= 15 is 0 Å². The third kappa shape index (κ3) is 4.55. The van der Waals surface area contributed by atoms with Gasteiger partial charge in [-0.25, -0.2) is 9.97 Å². The maximum absolute atomic E-state index is 5.24. The van der Waals surface area contributed by atoms with Crippen molar-refractivity contribution < 1.29 is 0 Å². The maximum Gasteiger partial charge on any atom is 0.160 e. The van der Waals surface area contributed by atoms with Gasteiger partial charge in [-0.1, -0.05) is 153 Å². The van der Waals surface area contributed by atoms with Crippen molar-refractivity contribution in [2.45, 2.75) is 19.3 Å². The molecule has 51 heavy (non-hydrogen) atoms. The molecule has 3 heteroatoms. The summed E-state index contributed by atoms with van der Waals surface area (Å²) in [5.74, 6) is 0.699. The van der Waals surface area contributed by atoms with Crippen LogP contribution in [0.1, 0.15) is 25.0 Å². The summed E-state index contributed by atoms with van der Waals surface area (Å²) >= 11 is 0. The van der Waals surface area contributed by atoms with Gasteiger partial charge >= 0.3 is 0 Å². The first kappa shape index (κ1) is 29.5. The summed E-state index contributed by atoms with van der Waals surface area (Å²) in [5.41, 5.74) is 13.6. The number of fused-ring (bicyclic) bond motifs is 7. The van der Waals surface area contributed by atoms with Crippen molar-refractivity contribution in [1.82, 2.24) is 15.0 Å². The standard InChI is InChI=1S/C48H33N3/c1-48(2)45-32-16-7-6-13-30(32)24-25-41(45)40-21-10-20-39(46(40)48)35-26-27-38(34-18-9-8-17-33(34)35)44-29-43(50-47(51-44)31-14-4-3-5-15-31)37-19-11-23-42-36(37)22-12-28-49-42/h3-29H,1-2H3. The van der Waals surface area contributed by atoms with E-state index in [-0.39, 0.29) is 5.41 Å². The number of benzene rings is 7. The van der Waals surface area contributed by atoms with Crippen molar-refractivity contribution in [1.29, 1.82) is 0 Å². The molecule has 0 N–H and O–H groups in total. The number of hydrogen-bond acceptors (Lipinski definition) is 3. The third-order valence-corrected chi connectivity index (χ3v) is 10.7. The number of rotatable bonds is 4. The van der Waals surface area contributed by atoms with Crippen LogP contribution in [0.25, 0.3) is 88.6 Å². The molecular formula is C48H33N3. The lowest BCUT2D eigenvalue weighted by Gasteiger charge is -2.26. The molecule has 2 heterocycles. The van der Waals surface area contributed by atoms with Crippen molar-refractivity contribution in [3.63, 3.8) is 0 Å². The summed E-state index contributed by atoms with van der Waals surface area (Å²) < 4.78 is 0. The molecule has 0 unspecified atom stereocenters. The summed E-state index contributed by atoms with van der Waals surface area (Å²) in [6, 6.07) is 56.3. The van der Waals surface area contributed by atoms with Crippen LogP contribution in [0.4, 0.5) is 0 Å². The van der Waals surface area contributed by atoms with Gasteiger partial charge < -0.3 is 0 Å². The van der Waals surface area contributed by atoms with Crippen LogP contribution < -0.4 is 0 Å². The molecule has 0 saturated heterocycles. The van der Waals surface area contributed by atoms with Gasteiger partial charge in [-0.3, -0.25) is 4.98 Å². The quantitative estimate of drug-likeness (QED) is 0.190. The minimum absolute atomic E-state index is 0.179. The van der Waals surface area contributed by atoms with E-state index in [0.717, 1.165) is 44.4 Å². The van der Waals surface area contributed by atoms with Gasteiger partial charge in [-0.05, 0) is 73.1 Å². The Morgan fingerprint density at radius 3 is 1.78 bits per heavy atom.